The van der Waals surface area contributed by atoms with Gasteiger partial charge in [-0.3, -0.25) is 0 Å². The molecular formula is C88H68BN7. The Bertz CT molecular complexity index is 5260. The van der Waals surface area contributed by atoms with E-state index in [1.807, 2.05) is 24.3 Å². The first-order valence-corrected chi connectivity index (χ1v) is 33.2. The molecule has 0 saturated heterocycles. The van der Waals surface area contributed by atoms with E-state index in [0.29, 0.717) is 11.6 Å². The molecule has 0 atom stereocenters. The first kappa shape index (κ1) is 58.1. The molecule has 0 amide bonds. The Balaban J connectivity index is 0.906. The van der Waals surface area contributed by atoms with Gasteiger partial charge in [0.05, 0.1) is 39.5 Å². The quantitative estimate of drug-likeness (QED) is 0.127. The monoisotopic (exact) mass is 1230 g/mol. The SMILES string of the molecule is CC(C)(C)c1ccc2c(c1)c1cc(C(C)(C)C)ccc1n2-c1ccc(-c2cc(-c3ccccc3)nc(-c3ccccc3)n2)cc1-c1cc(-c2ccccc2)nc(-c2cccc(-c3cc4c5c(c3)N(c3ccccc3)c3ccccc3B5c3ccccc3N4c3ccccc3)c2)n1. The van der Waals surface area contributed by atoms with Crippen LogP contribution in [0.15, 0.2) is 303 Å². The third-order valence-electron chi connectivity index (χ3n) is 19.3. The average molecular weight is 1230 g/mol. The molecule has 0 N–H and O–H groups in total. The minimum atomic E-state index is -0.0722. The Labute approximate surface area is 561 Å². The van der Waals surface area contributed by atoms with Gasteiger partial charge in [-0.25, -0.2) is 19.9 Å². The van der Waals surface area contributed by atoms with Gasteiger partial charge in [-0.2, -0.15) is 0 Å². The molecule has 2 aliphatic rings. The van der Waals surface area contributed by atoms with Crippen LogP contribution in [0.5, 0.6) is 0 Å². The van der Waals surface area contributed by atoms with Crippen LogP contribution < -0.4 is 26.2 Å². The van der Waals surface area contributed by atoms with Gasteiger partial charge in [-0.05, 0) is 153 Å². The summed E-state index contributed by atoms with van der Waals surface area (Å²) in [6.07, 6.45) is 0. The number of hydrogen-bond acceptors (Lipinski definition) is 6. The summed E-state index contributed by atoms with van der Waals surface area (Å²) in [6, 6.07) is 110. The number of nitrogens with zero attached hydrogens (tertiary/aromatic N) is 7. The van der Waals surface area contributed by atoms with Gasteiger partial charge >= 0.3 is 0 Å². The minimum absolute atomic E-state index is 0.00532. The smallest absolute Gasteiger partial charge is 0.252 e. The average Bonchev–Trinajstić information content (AvgIpc) is 1.08. The van der Waals surface area contributed by atoms with Gasteiger partial charge in [-0.15, -0.1) is 0 Å². The molecule has 0 unspecified atom stereocenters. The van der Waals surface area contributed by atoms with E-state index in [9.17, 15) is 0 Å². The fourth-order valence-corrected chi connectivity index (χ4v) is 14.5. The second-order valence-electron chi connectivity index (χ2n) is 27.5. The van der Waals surface area contributed by atoms with E-state index in [2.05, 4.69) is 335 Å². The van der Waals surface area contributed by atoms with Crippen LogP contribution in [0.2, 0.25) is 0 Å². The lowest BCUT2D eigenvalue weighted by atomic mass is 9.33. The maximum absolute atomic E-state index is 5.83. The summed E-state index contributed by atoms with van der Waals surface area (Å²) >= 11 is 0. The number of benzene rings is 12. The summed E-state index contributed by atoms with van der Waals surface area (Å²) in [4.78, 5) is 27.0. The van der Waals surface area contributed by atoms with Crippen LogP contribution in [0.1, 0.15) is 52.7 Å². The Morgan fingerprint density at radius 1 is 0.281 bits per heavy atom. The summed E-state index contributed by atoms with van der Waals surface area (Å²) in [5, 5.41) is 2.41. The summed E-state index contributed by atoms with van der Waals surface area (Å²) in [6.45, 7) is 13.8. The van der Waals surface area contributed by atoms with Gasteiger partial charge in [0, 0.05) is 78.3 Å². The van der Waals surface area contributed by atoms with E-state index in [0.717, 1.165) is 107 Å². The number of para-hydroxylation sites is 4. The van der Waals surface area contributed by atoms with Crippen LogP contribution >= 0.6 is 0 Å². The molecule has 7 nitrogen and oxygen atoms in total. The highest BCUT2D eigenvalue weighted by atomic mass is 15.2. The van der Waals surface area contributed by atoms with Crippen molar-refractivity contribution in [2.45, 2.75) is 52.4 Å². The number of aromatic nitrogens is 5. The number of hydrogen-bond donors (Lipinski definition) is 0. The zero-order valence-electron chi connectivity index (χ0n) is 54.6. The molecule has 0 saturated carbocycles. The fraction of sp³-hybridized carbons (Fsp3) is 0.0909. The highest BCUT2D eigenvalue weighted by molar-refractivity contribution is 7.00. The zero-order valence-corrected chi connectivity index (χ0v) is 54.6. The van der Waals surface area contributed by atoms with Crippen molar-refractivity contribution < 1.29 is 0 Å². The van der Waals surface area contributed by atoms with E-state index < -0.39 is 0 Å². The maximum Gasteiger partial charge on any atom is 0.252 e. The molecule has 5 heterocycles. The Hall–Kier alpha value is -11.7. The fourth-order valence-electron chi connectivity index (χ4n) is 14.5. The van der Waals surface area contributed by atoms with E-state index in [4.69, 9.17) is 19.9 Å². The van der Waals surface area contributed by atoms with Gasteiger partial charge in [0.25, 0.3) is 6.71 Å². The summed E-state index contributed by atoms with van der Waals surface area (Å²) in [5.74, 6) is 1.26. The van der Waals surface area contributed by atoms with Crippen LogP contribution in [0.4, 0.5) is 34.1 Å². The van der Waals surface area contributed by atoms with Crippen LogP contribution in [-0.4, -0.2) is 31.2 Å². The molecule has 0 bridgehead atoms. The van der Waals surface area contributed by atoms with E-state index in [1.54, 1.807) is 0 Å². The number of fused-ring (bicyclic) bond motifs is 7. The first-order chi connectivity index (χ1) is 46.9. The van der Waals surface area contributed by atoms with Gasteiger partial charge in [0.15, 0.2) is 11.6 Å². The van der Waals surface area contributed by atoms with Crippen LogP contribution in [0.25, 0.3) is 106 Å². The normalized spacial score (nSPS) is 12.6. The number of rotatable bonds is 10. The molecule has 0 radical (unpaired) electrons. The van der Waals surface area contributed by atoms with Crippen molar-refractivity contribution in [2.75, 3.05) is 9.80 Å². The molecule has 3 aromatic heterocycles. The highest BCUT2D eigenvalue weighted by Gasteiger charge is 2.43. The summed E-state index contributed by atoms with van der Waals surface area (Å²) in [7, 11) is 0. The Morgan fingerprint density at radius 3 is 1.21 bits per heavy atom. The van der Waals surface area contributed by atoms with Crippen molar-refractivity contribution in [3.8, 4) is 84.6 Å². The highest BCUT2D eigenvalue weighted by Crippen LogP contribution is 2.48. The second kappa shape index (κ2) is 23.1. The third-order valence-corrected chi connectivity index (χ3v) is 19.3. The van der Waals surface area contributed by atoms with Gasteiger partial charge in [0.1, 0.15) is 0 Å². The molecular weight excluding hydrogens is 1170 g/mol. The molecule has 0 spiro atoms. The van der Waals surface area contributed by atoms with Crippen molar-refractivity contribution in [1.29, 1.82) is 0 Å². The Morgan fingerprint density at radius 2 is 0.698 bits per heavy atom. The van der Waals surface area contributed by atoms with E-state index >= 15 is 0 Å². The topological polar surface area (TPSA) is 63.0 Å². The molecule has 15 aromatic rings. The molecule has 0 fully saturated rings. The standard InChI is InChI=1S/C88H68BN7/c1-87(2,3)64-44-47-77-68(53-64)69-54-65(88(4,5)6)45-48-78(69)96(77)79-46-43-61(75-55-73(57-27-12-7-13-28-57)90-85(92-75)59-31-16-9-17-32-59)50-70(79)76-56-74(58-29-14-8-15-30-58)91-86(93-76)62-34-26-33-60(49-62)63-51-82-84-83(52-63)95(67-37-20-11-21-38-67)81-42-25-23-40-72(81)89(84)71-39-22-24-41-80(71)94(82)66-35-18-10-19-36-66/h7-56H,1-6H3. The van der Waals surface area contributed by atoms with Crippen molar-refractivity contribution in [3.05, 3.63) is 314 Å². The number of anilines is 6. The molecule has 458 valence electrons. The predicted octanol–water partition coefficient (Wildman–Crippen LogP) is 20.7. The molecule has 2 aliphatic heterocycles. The largest absolute Gasteiger partial charge is 0.311 e. The first-order valence-electron chi connectivity index (χ1n) is 33.2. The lowest BCUT2D eigenvalue weighted by molar-refractivity contribution is 0.590. The predicted molar refractivity (Wildman–Crippen MR) is 401 cm³/mol. The summed E-state index contributed by atoms with van der Waals surface area (Å²) in [5.41, 5.74) is 27.3. The van der Waals surface area contributed by atoms with Crippen LogP contribution in [0, 0.1) is 0 Å². The van der Waals surface area contributed by atoms with E-state index in [-0.39, 0.29) is 17.5 Å². The van der Waals surface area contributed by atoms with Crippen LogP contribution in [0.3, 0.4) is 0 Å². The van der Waals surface area contributed by atoms with Crippen molar-refractivity contribution in [2.24, 2.45) is 0 Å². The molecule has 8 heteroatoms. The molecule has 0 aliphatic carbocycles. The Kier molecular flexibility index (Phi) is 14.0. The van der Waals surface area contributed by atoms with Crippen molar-refractivity contribution in [3.63, 3.8) is 0 Å². The lowest BCUT2D eigenvalue weighted by Gasteiger charge is -2.44. The van der Waals surface area contributed by atoms with Gasteiger partial charge in [-0.1, -0.05) is 242 Å². The van der Waals surface area contributed by atoms with Crippen LogP contribution in [-0.2, 0) is 10.8 Å². The maximum atomic E-state index is 5.83. The lowest BCUT2D eigenvalue weighted by Crippen LogP contribution is -2.61. The minimum Gasteiger partial charge on any atom is -0.311 e. The zero-order chi connectivity index (χ0) is 64.8. The second-order valence-corrected chi connectivity index (χ2v) is 27.5. The van der Waals surface area contributed by atoms with E-state index in [1.165, 1.54) is 49.7 Å². The molecule has 17 rings (SSSR count). The van der Waals surface area contributed by atoms with Gasteiger partial charge < -0.3 is 14.4 Å². The van der Waals surface area contributed by atoms with Crippen molar-refractivity contribution in [1.82, 2.24) is 24.5 Å². The third kappa shape index (κ3) is 10.2. The molecule has 96 heavy (non-hydrogen) atoms. The van der Waals surface area contributed by atoms with Crippen molar-refractivity contribution >= 4 is 79.0 Å². The molecule has 12 aromatic carbocycles. The van der Waals surface area contributed by atoms with Gasteiger partial charge in [0.2, 0.25) is 0 Å². The summed E-state index contributed by atoms with van der Waals surface area (Å²) < 4.78 is 2.46.